The van der Waals surface area contributed by atoms with E-state index in [9.17, 15) is 14.0 Å². The van der Waals surface area contributed by atoms with Gasteiger partial charge >= 0.3 is 0 Å². The van der Waals surface area contributed by atoms with Crippen molar-refractivity contribution >= 4 is 17.5 Å². The predicted molar refractivity (Wildman–Crippen MR) is 103 cm³/mol. The number of rotatable bonds is 6. The molecule has 0 aliphatic heterocycles. The molecule has 0 bridgehead atoms. The van der Waals surface area contributed by atoms with Crippen LogP contribution in [0.25, 0.3) is 0 Å². The van der Waals surface area contributed by atoms with Crippen molar-refractivity contribution < 1.29 is 23.5 Å². The zero-order chi connectivity index (χ0) is 20.3. The summed E-state index contributed by atoms with van der Waals surface area (Å²) in [4.78, 5) is 24.0. The molecule has 0 radical (unpaired) electrons. The van der Waals surface area contributed by atoms with E-state index in [0.717, 1.165) is 31.7 Å². The molecule has 1 aliphatic rings. The second-order valence-electron chi connectivity index (χ2n) is 6.84. The third-order valence-electron chi connectivity index (χ3n) is 4.90. The first-order valence-electron chi connectivity index (χ1n) is 9.15. The summed E-state index contributed by atoms with van der Waals surface area (Å²) in [6, 6.07) is 7.29. The number of methoxy groups -OCH3 is 1. The number of ether oxygens (including phenoxy) is 2. The molecule has 1 saturated carbocycles. The number of nitrogens with two attached hydrogens (primary N) is 1. The number of carbonyl (C=O) groups excluding carboxylic acids is 2. The second-order valence-corrected chi connectivity index (χ2v) is 6.84. The van der Waals surface area contributed by atoms with Crippen LogP contribution >= 0.6 is 0 Å². The van der Waals surface area contributed by atoms with E-state index < -0.39 is 17.6 Å². The third kappa shape index (κ3) is 4.24. The summed E-state index contributed by atoms with van der Waals surface area (Å²) < 4.78 is 25.4. The zero-order valence-electron chi connectivity index (χ0n) is 15.9. The average Bonchev–Trinajstić information content (AvgIpc) is 3.18. The molecular weight excluding hydrogens is 363 g/mol. The van der Waals surface area contributed by atoms with E-state index in [0.29, 0.717) is 17.1 Å². The van der Waals surface area contributed by atoms with Gasteiger partial charge in [-0.25, -0.2) is 4.39 Å². The lowest BCUT2D eigenvalue weighted by Crippen LogP contribution is -2.17. The molecule has 28 heavy (non-hydrogen) atoms. The molecule has 148 valence electrons. The minimum atomic E-state index is -0.774. The molecule has 0 spiro atoms. The van der Waals surface area contributed by atoms with Crippen LogP contribution in [0.15, 0.2) is 30.3 Å². The number of halogens is 1. The van der Waals surface area contributed by atoms with Crippen molar-refractivity contribution in [2.24, 2.45) is 5.73 Å². The fraction of sp³-hybridized carbons (Fsp3) is 0.333. The summed E-state index contributed by atoms with van der Waals surface area (Å²) in [6.07, 6.45) is 4.47. The molecule has 2 amide bonds. The first kappa shape index (κ1) is 19.7. The Morgan fingerprint density at radius 2 is 1.82 bits per heavy atom. The van der Waals surface area contributed by atoms with E-state index in [4.69, 9.17) is 15.2 Å². The van der Waals surface area contributed by atoms with Gasteiger partial charge in [0.25, 0.3) is 5.91 Å². The monoisotopic (exact) mass is 386 g/mol. The maximum Gasteiger partial charge on any atom is 0.255 e. The number of hydrogen-bond acceptors (Lipinski definition) is 4. The van der Waals surface area contributed by atoms with E-state index >= 15 is 0 Å². The molecule has 3 rings (SSSR count). The largest absolute Gasteiger partial charge is 0.493 e. The molecule has 0 unspecified atom stereocenters. The Morgan fingerprint density at radius 3 is 2.46 bits per heavy atom. The number of benzene rings is 2. The topological polar surface area (TPSA) is 90.6 Å². The lowest BCUT2D eigenvalue weighted by Gasteiger charge is -2.17. The van der Waals surface area contributed by atoms with Crippen LogP contribution < -0.4 is 20.5 Å². The zero-order valence-corrected chi connectivity index (χ0v) is 15.9. The van der Waals surface area contributed by atoms with Crippen molar-refractivity contribution in [1.82, 2.24) is 0 Å². The molecule has 2 aromatic carbocycles. The maximum absolute atomic E-state index is 14.0. The lowest BCUT2D eigenvalue weighted by molar-refractivity contribution is 0.0995. The van der Waals surface area contributed by atoms with E-state index in [1.54, 1.807) is 18.2 Å². The van der Waals surface area contributed by atoms with Crippen LogP contribution in [-0.4, -0.2) is 25.0 Å². The molecule has 2 aromatic rings. The van der Waals surface area contributed by atoms with Gasteiger partial charge in [-0.1, -0.05) is 0 Å². The number of anilines is 1. The molecule has 7 heteroatoms. The molecular formula is C21H23FN2O4. The van der Waals surface area contributed by atoms with Gasteiger partial charge in [0.05, 0.1) is 13.2 Å². The van der Waals surface area contributed by atoms with Crippen LogP contribution in [-0.2, 0) is 0 Å². The van der Waals surface area contributed by atoms with Gasteiger partial charge in [-0.2, -0.15) is 0 Å². The van der Waals surface area contributed by atoms with E-state index in [-0.39, 0.29) is 22.9 Å². The molecule has 0 heterocycles. The lowest BCUT2D eigenvalue weighted by atomic mass is 10.1. The molecule has 0 atom stereocenters. The van der Waals surface area contributed by atoms with Crippen molar-refractivity contribution in [2.75, 3.05) is 12.4 Å². The summed E-state index contributed by atoms with van der Waals surface area (Å²) in [6.45, 7) is 1.51. The molecule has 6 nitrogen and oxygen atoms in total. The van der Waals surface area contributed by atoms with Crippen molar-refractivity contribution in [3.8, 4) is 11.5 Å². The van der Waals surface area contributed by atoms with Gasteiger partial charge in [0.15, 0.2) is 11.5 Å². The van der Waals surface area contributed by atoms with Crippen LogP contribution in [0.1, 0.15) is 52.0 Å². The van der Waals surface area contributed by atoms with Crippen LogP contribution in [0.4, 0.5) is 10.1 Å². The van der Waals surface area contributed by atoms with Crippen LogP contribution in [0, 0.1) is 12.7 Å². The smallest absolute Gasteiger partial charge is 0.255 e. The second kappa shape index (κ2) is 8.29. The maximum atomic E-state index is 14.0. The van der Waals surface area contributed by atoms with Crippen LogP contribution in [0.3, 0.4) is 0 Å². The molecule has 1 fully saturated rings. The highest BCUT2D eigenvalue weighted by molar-refractivity contribution is 6.06. The van der Waals surface area contributed by atoms with E-state index in [1.807, 2.05) is 0 Å². The van der Waals surface area contributed by atoms with Crippen molar-refractivity contribution in [1.29, 1.82) is 0 Å². The molecule has 3 N–H and O–H groups in total. The number of amides is 2. The fourth-order valence-electron chi connectivity index (χ4n) is 3.24. The Bertz CT molecular complexity index is 908. The Balaban J connectivity index is 1.82. The summed E-state index contributed by atoms with van der Waals surface area (Å²) in [5, 5.41) is 2.62. The first-order chi connectivity index (χ1) is 13.4. The highest BCUT2D eigenvalue weighted by Gasteiger charge is 2.20. The molecule has 0 saturated heterocycles. The summed E-state index contributed by atoms with van der Waals surface area (Å²) in [5.41, 5.74) is 5.92. The van der Waals surface area contributed by atoms with Crippen molar-refractivity contribution in [2.45, 2.75) is 38.7 Å². The Labute approximate surface area is 162 Å². The highest BCUT2D eigenvalue weighted by Crippen LogP contribution is 2.32. The summed E-state index contributed by atoms with van der Waals surface area (Å²) >= 11 is 0. The van der Waals surface area contributed by atoms with Crippen molar-refractivity contribution in [3.05, 3.63) is 52.8 Å². The Morgan fingerprint density at radius 1 is 1.11 bits per heavy atom. The quantitative estimate of drug-likeness (QED) is 0.790. The Kier molecular flexibility index (Phi) is 5.82. The van der Waals surface area contributed by atoms with Gasteiger partial charge in [-0.3, -0.25) is 9.59 Å². The molecule has 0 aromatic heterocycles. The van der Waals surface area contributed by atoms with Gasteiger partial charge in [0.2, 0.25) is 5.91 Å². The van der Waals surface area contributed by atoms with Crippen molar-refractivity contribution in [3.63, 3.8) is 0 Å². The van der Waals surface area contributed by atoms with Crippen LogP contribution in [0.5, 0.6) is 11.5 Å². The average molecular weight is 386 g/mol. The number of primary amides is 1. The number of hydrogen-bond donors (Lipinski definition) is 2. The minimum Gasteiger partial charge on any atom is -0.493 e. The highest BCUT2D eigenvalue weighted by atomic mass is 19.1. The SMILES string of the molecule is COc1cc(C(=O)Nc2cc(C(N)=O)cc(F)c2C)ccc1OC1CCCC1. The normalized spacial score (nSPS) is 14.0. The first-order valence-corrected chi connectivity index (χ1v) is 9.15. The third-order valence-corrected chi connectivity index (χ3v) is 4.90. The fourth-order valence-corrected chi connectivity index (χ4v) is 3.24. The minimum absolute atomic E-state index is 0.0173. The van der Waals surface area contributed by atoms with Gasteiger partial charge in [-0.15, -0.1) is 0 Å². The predicted octanol–water partition coefficient (Wildman–Crippen LogP) is 3.82. The van der Waals surface area contributed by atoms with Crippen LogP contribution in [0.2, 0.25) is 0 Å². The van der Waals surface area contributed by atoms with E-state index in [2.05, 4.69) is 5.32 Å². The summed E-state index contributed by atoms with van der Waals surface area (Å²) in [7, 11) is 1.51. The number of carbonyl (C=O) groups is 2. The van der Waals surface area contributed by atoms with Gasteiger partial charge in [0.1, 0.15) is 5.82 Å². The molecule has 1 aliphatic carbocycles. The number of nitrogens with one attached hydrogen (secondary N) is 1. The van der Waals surface area contributed by atoms with Gasteiger partial charge < -0.3 is 20.5 Å². The standard InChI is InChI=1S/C21H23FN2O4/c1-12-16(22)9-14(20(23)25)10-17(12)24-21(26)13-7-8-18(19(11-13)27-2)28-15-5-3-4-6-15/h7-11,15H,3-6H2,1-2H3,(H2,23,25)(H,24,26). The summed E-state index contributed by atoms with van der Waals surface area (Å²) in [5.74, 6) is -0.818. The van der Waals surface area contributed by atoms with E-state index in [1.165, 1.54) is 20.1 Å². The van der Waals surface area contributed by atoms with Gasteiger partial charge in [-0.05, 0) is 62.9 Å². The van der Waals surface area contributed by atoms with Gasteiger partial charge in [0, 0.05) is 22.4 Å². The Hall–Kier alpha value is -3.09.